The van der Waals surface area contributed by atoms with E-state index in [9.17, 15) is 13.2 Å². The molecular weight excluding hydrogens is 261 g/mol. The van der Waals surface area contributed by atoms with Crippen LogP contribution in [0.4, 0.5) is 13.2 Å². The van der Waals surface area contributed by atoms with Gasteiger partial charge in [-0.2, -0.15) is 18.2 Å². The summed E-state index contributed by atoms with van der Waals surface area (Å²) in [6.45, 7) is 1.86. The monoisotopic (exact) mass is 270 g/mol. The van der Waals surface area contributed by atoms with Crippen LogP contribution in [0, 0.1) is 0 Å². The largest absolute Gasteiger partial charge is 0.472 e. The van der Waals surface area contributed by atoms with Crippen LogP contribution in [0.1, 0.15) is 12.7 Å². The predicted octanol–water partition coefficient (Wildman–Crippen LogP) is 2.56. The molecule has 0 fully saturated rings. The smallest absolute Gasteiger partial charge is 0.451 e. The normalized spacial score (nSPS) is 13.5. The molecule has 96 valence electrons. The molecule has 1 rings (SSSR count). The quantitative estimate of drug-likeness (QED) is 0.789. The second kappa shape index (κ2) is 5.50. The Labute approximate surface area is 101 Å². The topological polar surface area (TPSA) is 44.2 Å². The summed E-state index contributed by atoms with van der Waals surface area (Å²) in [5.74, 6) is -1.56. The molecule has 0 aromatic carbocycles. The van der Waals surface area contributed by atoms with Gasteiger partial charge in [-0.3, -0.25) is 0 Å². The fourth-order valence-electron chi connectivity index (χ4n) is 1.06. The average Bonchev–Trinajstić information content (AvgIpc) is 2.15. The highest BCUT2D eigenvalue weighted by atomic mass is 35.5. The molecule has 0 aliphatic carbocycles. The van der Waals surface area contributed by atoms with Crippen LogP contribution in [0.25, 0.3) is 0 Å². The molecule has 1 heterocycles. The molecule has 4 nitrogen and oxygen atoms in total. The number of alkyl halides is 3. The van der Waals surface area contributed by atoms with Crippen LogP contribution in [-0.2, 0) is 10.9 Å². The predicted molar refractivity (Wildman–Crippen MR) is 54.0 cm³/mol. The van der Waals surface area contributed by atoms with Gasteiger partial charge in [0.1, 0.15) is 11.3 Å². The molecule has 0 amide bonds. The molecule has 0 aliphatic rings. The molecule has 0 saturated carbocycles. The molecule has 1 atom stereocenters. The molecular formula is C9H10ClF3N2O2. The first-order valence-electron chi connectivity index (χ1n) is 4.60. The summed E-state index contributed by atoms with van der Waals surface area (Å²) in [4.78, 5) is 6.31. The van der Waals surface area contributed by atoms with E-state index in [1.165, 1.54) is 7.11 Å². The van der Waals surface area contributed by atoms with Gasteiger partial charge in [0.25, 0.3) is 0 Å². The Bertz CT molecular complexity index is 387. The zero-order chi connectivity index (χ0) is 13.1. The maximum atomic E-state index is 12.4. The van der Waals surface area contributed by atoms with E-state index in [0.717, 1.165) is 6.07 Å². The molecule has 1 aromatic rings. The highest BCUT2D eigenvalue weighted by Crippen LogP contribution is 2.28. The SMILES string of the molecule is COCC(C)Oc1cc(Cl)nc(C(F)(F)F)n1. The van der Waals surface area contributed by atoms with Gasteiger partial charge in [0.2, 0.25) is 11.7 Å². The maximum absolute atomic E-state index is 12.4. The van der Waals surface area contributed by atoms with Crippen LogP contribution in [0.3, 0.4) is 0 Å². The van der Waals surface area contributed by atoms with Gasteiger partial charge in [-0.05, 0) is 6.92 Å². The van der Waals surface area contributed by atoms with E-state index in [-0.39, 0.29) is 17.6 Å². The Balaban J connectivity index is 2.90. The fourth-order valence-corrected chi connectivity index (χ4v) is 1.23. The molecule has 0 N–H and O–H groups in total. The summed E-state index contributed by atoms with van der Waals surface area (Å²) >= 11 is 5.45. The average molecular weight is 271 g/mol. The van der Waals surface area contributed by atoms with Crippen molar-refractivity contribution in [3.05, 3.63) is 17.0 Å². The van der Waals surface area contributed by atoms with E-state index in [1.807, 2.05) is 0 Å². The molecule has 1 unspecified atom stereocenters. The van der Waals surface area contributed by atoms with Crippen LogP contribution in [0.5, 0.6) is 5.88 Å². The lowest BCUT2D eigenvalue weighted by Crippen LogP contribution is -2.20. The van der Waals surface area contributed by atoms with Gasteiger partial charge in [0.15, 0.2) is 0 Å². The van der Waals surface area contributed by atoms with Crippen molar-refractivity contribution in [2.45, 2.75) is 19.2 Å². The van der Waals surface area contributed by atoms with Crippen molar-refractivity contribution in [1.82, 2.24) is 9.97 Å². The fraction of sp³-hybridized carbons (Fsp3) is 0.556. The summed E-state index contributed by atoms with van der Waals surface area (Å²) in [7, 11) is 1.45. The molecule has 1 aromatic heterocycles. The van der Waals surface area contributed by atoms with Crippen molar-refractivity contribution in [1.29, 1.82) is 0 Å². The van der Waals surface area contributed by atoms with Gasteiger partial charge < -0.3 is 9.47 Å². The lowest BCUT2D eigenvalue weighted by atomic mass is 10.4. The first-order chi connectivity index (χ1) is 7.82. The van der Waals surface area contributed by atoms with E-state index >= 15 is 0 Å². The van der Waals surface area contributed by atoms with Crippen molar-refractivity contribution >= 4 is 11.6 Å². The Morgan fingerprint density at radius 2 is 2.06 bits per heavy atom. The summed E-state index contributed by atoms with van der Waals surface area (Å²) in [5, 5.41) is -0.327. The van der Waals surface area contributed by atoms with Gasteiger partial charge in [-0.1, -0.05) is 11.6 Å². The molecule has 17 heavy (non-hydrogen) atoms. The van der Waals surface area contributed by atoms with Crippen LogP contribution in [0.15, 0.2) is 6.07 Å². The maximum Gasteiger partial charge on any atom is 0.451 e. The summed E-state index contributed by atoms with van der Waals surface area (Å²) in [6.07, 6.45) is -5.10. The van der Waals surface area contributed by atoms with Crippen molar-refractivity contribution in [2.24, 2.45) is 0 Å². The minimum Gasteiger partial charge on any atom is -0.472 e. The third-order valence-corrected chi connectivity index (χ3v) is 1.84. The highest BCUT2D eigenvalue weighted by molar-refractivity contribution is 6.29. The van der Waals surface area contributed by atoms with Gasteiger partial charge in [0.05, 0.1) is 6.61 Å². The van der Waals surface area contributed by atoms with E-state index < -0.39 is 18.1 Å². The van der Waals surface area contributed by atoms with Crippen molar-refractivity contribution in [3.63, 3.8) is 0 Å². The van der Waals surface area contributed by atoms with E-state index in [4.69, 9.17) is 21.1 Å². The number of halogens is 4. The lowest BCUT2D eigenvalue weighted by molar-refractivity contribution is -0.145. The minimum atomic E-state index is -4.66. The first-order valence-corrected chi connectivity index (χ1v) is 4.98. The summed E-state index contributed by atoms with van der Waals surface area (Å²) < 4.78 is 47.0. The van der Waals surface area contributed by atoms with Crippen molar-refractivity contribution in [3.8, 4) is 5.88 Å². The number of aromatic nitrogens is 2. The number of ether oxygens (including phenoxy) is 2. The second-order valence-electron chi connectivity index (χ2n) is 3.23. The van der Waals surface area contributed by atoms with Crippen LogP contribution < -0.4 is 4.74 Å². The van der Waals surface area contributed by atoms with E-state index in [1.54, 1.807) is 6.92 Å². The first kappa shape index (κ1) is 14.0. The van der Waals surface area contributed by atoms with Crippen molar-refractivity contribution in [2.75, 3.05) is 13.7 Å². The van der Waals surface area contributed by atoms with Crippen LogP contribution >= 0.6 is 11.6 Å². The number of methoxy groups -OCH3 is 1. The molecule has 0 spiro atoms. The molecule has 0 bridgehead atoms. The molecule has 0 saturated heterocycles. The molecule has 0 aliphatic heterocycles. The third kappa shape index (κ3) is 4.35. The van der Waals surface area contributed by atoms with Gasteiger partial charge >= 0.3 is 6.18 Å². The number of hydrogen-bond acceptors (Lipinski definition) is 4. The second-order valence-corrected chi connectivity index (χ2v) is 3.62. The van der Waals surface area contributed by atoms with Gasteiger partial charge in [0, 0.05) is 13.2 Å². The standard InChI is InChI=1S/C9H10ClF3N2O2/c1-5(4-16-2)17-7-3-6(10)14-8(15-7)9(11,12)13/h3,5H,4H2,1-2H3. The highest BCUT2D eigenvalue weighted by Gasteiger charge is 2.35. The van der Waals surface area contributed by atoms with Gasteiger partial charge in [-0.15, -0.1) is 0 Å². The zero-order valence-corrected chi connectivity index (χ0v) is 9.84. The lowest BCUT2D eigenvalue weighted by Gasteiger charge is -2.14. The zero-order valence-electron chi connectivity index (χ0n) is 9.08. The number of nitrogens with zero attached hydrogens (tertiary/aromatic N) is 2. The molecule has 8 heteroatoms. The van der Waals surface area contributed by atoms with Crippen molar-refractivity contribution < 1.29 is 22.6 Å². The van der Waals surface area contributed by atoms with E-state index in [2.05, 4.69) is 9.97 Å². The number of hydrogen-bond donors (Lipinski definition) is 0. The van der Waals surface area contributed by atoms with Crippen LogP contribution in [0.2, 0.25) is 5.15 Å². The third-order valence-electron chi connectivity index (χ3n) is 1.65. The summed E-state index contributed by atoms with van der Waals surface area (Å²) in [6, 6.07) is 1.11. The molecule has 0 radical (unpaired) electrons. The Hall–Kier alpha value is -1.08. The Morgan fingerprint density at radius 1 is 1.41 bits per heavy atom. The Morgan fingerprint density at radius 3 is 2.59 bits per heavy atom. The number of rotatable bonds is 4. The van der Waals surface area contributed by atoms with E-state index in [0.29, 0.717) is 0 Å². The van der Waals surface area contributed by atoms with Crippen LogP contribution in [-0.4, -0.2) is 29.8 Å². The summed E-state index contributed by atoms with van der Waals surface area (Å²) in [5.41, 5.74) is 0. The Kier molecular flexibility index (Phi) is 4.53. The van der Waals surface area contributed by atoms with Gasteiger partial charge in [-0.25, -0.2) is 4.98 Å². The minimum absolute atomic E-state index is 0.225.